The van der Waals surface area contributed by atoms with Gasteiger partial charge in [-0.15, -0.1) is 0 Å². The zero-order chi connectivity index (χ0) is 19.3. The average molecular weight is 437 g/mol. The number of aromatic nitrogens is 2. The van der Waals surface area contributed by atoms with E-state index < -0.39 is 0 Å². The summed E-state index contributed by atoms with van der Waals surface area (Å²) >= 11 is 3.41. The highest BCUT2D eigenvalue weighted by Gasteiger charge is 2.08. The number of rotatable bonds is 6. The van der Waals surface area contributed by atoms with Gasteiger partial charge >= 0.3 is 0 Å². The Morgan fingerprint density at radius 2 is 2.00 bits per heavy atom. The van der Waals surface area contributed by atoms with Crippen molar-refractivity contribution >= 4 is 38.6 Å². The molecule has 0 radical (unpaired) electrons. The number of nitrogens with one attached hydrogen (secondary N) is 2. The maximum absolute atomic E-state index is 12.4. The minimum Gasteiger partial charge on any atom is -0.467 e. The topological polar surface area (TPSA) is 80.0 Å². The van der Waals surface area contributed by atoms with Crippen LogP contribution in [-0.4, -0.2) is 15.9 Å². The molecule has 0 atom stereocenters. The lowest BCUT2D eigenvalue weighted by molar-refractivity contribution is 0.0948. The molecule has 7 heteroatoms. The summed E-state index contributed by atoms with van der Waals surface area (Å²) in [5, 5.41) is 6.24. The van der Waals surface area contributed by atoms with Gasteiger partial charge in [0.15, 0.2) is 0 Å². The SMILES string of the molecule is O=C(NCc1ccco1)c1cccc(CNc2ccnc3cc(Br)cnc23)c1. The number of fused-ring (bicyclic) bond motifs is 1. The van der Waals surface area contributed by atoms with Crippen LogP contribution in [0.25, 0.3) is 11.0 Å². The monoisotopic (exact) mass is 436 g/mol. The first-order chi connectivity index (χ1) is 13.7. The van der Waals surface area contributed by atoms with Crippen LogP contribution in [0, 0.1) is 0 Å². The Labute approximate surface area is 170 Å². The van der Waals surface area contributed by atoms with Gasteiger partial charge in [0.25, 0.3) is 5.91 Å². The summed E-state index contributed by atoms with van der Waals surface area (Å²) < 4.78 is 6.12. The highest BCUT2D eigenvalue weighted by Crippen LogP contribution is 2.22. The number of pyridine rings is 2. The lowest BCUT2D eigenvalue weighted by Crippen LogP contribution is -2.22. The van der Waals surface area contributed by atoms with Crippen LogP contribution in [0.4, 0.5) is 5.69 Å². The molecule has 0 saturated carbocycles. The first kappa shape index (κ1) is 18.2. The van der Waals surface area contributed by atoms with Gasteiger partial charge in [0.05, 0.1) is 24.0 Å². The Bertz CT molecular complexity index is 1110. The van der Waals surface area contributed by atoms with E-state index in [0.717, 1.165) is 32.5 Å². The zero-order valence-corrected chi connectivity index (χ0v) is 16.4. The number of hydrogen-bond donors (Lipinski definition) is 2. The third-order valence-corrected chi connectivity index (χ3v) is 4.65. The van der Waals surface area contributed by atoms with Crippen molar-refractivity contribution in [2.45, 2.75) is 13.1 Å². The van der Waals surface area contributed by atoms with E-state index in [1.807, 2.05) is 36.4 Å². The predicted molar refractivity (Wildman–Crippen MR) is 111 cm³/mol. The van der Waals surface area contributed by atoms with Gasteiger partial charge in [-0.05, 0) is 57.9 Å². The summed E-state index contributed by atoms with van der Waals surface area (Å²) in [6.45, 7) is 0.925. The molecule has 0 bridgehead atoms. The van der Waals surface area contributed by atoms with Crippen LogP contribution in [0.15, 0.2) is 76.1 Å². The molecule has 0 fully saturated rings. The van der Waals surface area contributed by atoms with E-state index in [1.54, 1.807) is 30.8 Å². The van der Waals surface area contributed by atoms with Gasteiger partial charge in [-0.2, -0.15) is 0 Å². The number of carbonyl (C=O) groups excluding carboxylic acids is 1. The van der Waals surface area contributed by atoms with Gasteiger partial charge < -0.3 is 15.1 Å². The molecule has 4 rings (SSSR count). The number of carbonyl (C=O) groups is 1. The quantitative estimate of drug-likeness (QED) is 0.464. The van der Waals surface area contributed by atoms with Crippen LogP contribution in [-0.2, 0) is 13.1 Å². The van der Waals surface area contributed by atoms with E-state index in [2.05, 4.69) is 36.5 Å². The summed E-state index contributed by atoms with van der Waals surface area (Å²) in [6.07, 6.45) is 5.08. The molecule has 28 heavy (non-hydrogen) atoms. The fourth-order valence-electron chi connectivity index (χ4n) is 2.85. The molecule has 4 aromatic rings. The number of benzene rings is 1. The average Bonchev–Trinajstić information content (AvgIpc) is 3.24. The van der Waals surface area contributed by atoms with Crippen LogP contribution in [0.2, 0.25) is 0 Å². The molecular weight excluding hydrogens is 420 g/mol. The molecule has 0 spiro atoms. The van der Waals surface area contributed by atoms with Gasteiger partial charge in [-0.3, -0.25) is 14.8 Å². The van der Waals surface area contributed by atoms with Crippen molar-refractivity contribution in [2.75, 3.05) is 5.32 Å². The van der Waals surface area contributed by atoms with Gasteiger partial charge in [0, 0.05) is 29.0 Å². The fourth-order valence-corrected chi connectivity index (χ4v) is 3.17. The normalized spacial score (nSPS) is 10.8. The smallest absolute Gasteiger partial charge is 0.251 e. The second kappa shape index (κ2) is 8.22. The van der Waals surface area contributed by atoms with E-state index >= 15 is 0 Å². The number of halogens is 1. The summed E-state index contributed by atoms with van der Waals surface area (Å²) in [5.74, 6) is 0.578. The van der Waals surface area contributed by atoms with Crippen LogP contribution < -0.4 is 10.6 Å². The first-order valence-electron chi connectivity index (χ1n) is 8.73. The molecule has 140 valence electrons. The molecule has 6 nitrogen and oxygen atoms in total. The van der Waals surface area contributed by atoms with Crippen molar-refractivity contribution in [2.24, 2.45) is 0 Å². The minimum atomic E-state index is -0.140. The number of hydrogen-bond acceptors (Lipinski definition) is 5. The maximum Gasteiger partial charge on any atom is 0.251 e. The lowest BCUT2D eigenvalue weighted by atomic mass is 10.1. The predicted octanol–water partition coefficient (Wildman–Crippen LogP) is 4.53. The molecule has 0 unspecified atom stereocenters. The molecular formula is C21H17BrN4O2. The highest BCUT2D eigenvalue weighted by atomic mass is 79.9. The number of furan rings is 1. The minimum absolute atomic E-state index is 0.140. The van der Waals surface area contributed by atoms with Crippen molar-refractivity contribution in [3.63, 3.8) is 0 Å². The van der Waals surface area contributed by atoms with Crippen LogP contribution >= 0.6 is 15.9 Å². The van der Waals surface area contributed by atoms with Crippen molar-refractivity contribution < 1.29 is 9.21 Å². The van der Waals surface area contributed by atoms with E-state index in [4.69, 9.17) is 4.42 Å². The zero-order valence-electron chi connectivity index (χ0n) is 14.9. The molecule has 3 heterocycles. The molecule has 2 N–H and O–H groups in total. The molecule has 0 aliphatic carbocycles. The Morgan fingerprint density at radius 1 is 1.07 bits per heavy atom. The fraction of sp³-hybridized carbons (Fsp3) is 0.0952. The Balaban J connectivity index is 1.44. The highest BCUT2D eigenvalue weighted by molar-refractivity contribution is 9.10. The second-order valence-corrected chi connectivity index (χ2v) is 7.11. The largest absolute Gasteiger partial charge is 0.467 e. The molecule has 1 amide bonds. The Morgan fingerprint density at radius 3 is 2.86 bits per heavy atom. The van der Waals surface area contributed by atoms with E-state index in [-0.39, 0.29) is 5.91 Å². The van der Waals surface area contributed by atoms with E-state index in [1.165, 1.54) is 0 Å². The standard InChI is InChI=1S/C21H17BrN4O2/c22-16-10-19-20(25-12-16)18(6-7-23-19)24-11-14-3-1-4-15(9-14)21(27)26-13-17-5-2-8-28-17/h1-10,12H,11,13H2,(H,23,24)(H,26,27). The van der Waals surface area contributed by atoms with Crippen molar-refractivity contribution in [3.8, 4) is 0 Å². The Hall–Kier alpha value is -3.19. The molecule has 0 saturated heterocycles. The van der Waals surface area contributed by atoms with Gasteiger partial charge in [-0.25, -0.2) is 0 Å². The van der Waals surface area contributed by atoms with Gasteiger partial charge in [0.1, 0.15) is 11.3 Å². The molecule has 1 aromatic carbocycles. The van der Waals surface area contributed by atoms with Crippen LogP contribution in [0.5, 0.6) is 0 Å². The van der Waals surface area contributed by atoms with Gasteiger partial charge in [-0.1, -0.05) is 12.1 Å². The summed E-state index contributed by atoms with van der Waals surface area (Å²) in [5.41, 5.74) is 4.11. The lowest BCUT2D eigenvalue weighted by Gasteiger charge is -2.10. The molecule has 3 aromatic heterocycles. The summed E-state index contributed by atoms with van der Waals surface area (Å²) in [4.78, 5) is 21.2. The number of nitrogens with zero attached hydrogens (tertiary/aromatic N) is 2. The van der Waals surface area contributed by atoms with E-state index in [9.17, 15) is 4.79 Å². The summed E-state index contributed by atoms with van der Waals surface area (Å²) in [6, 6.07) is 15.0. The second-order valence-electron chi connectivity index (χ2n) is 6.20. The third-order valence-electron chi connectivity index (χ3n) is 4.22. The van der Waals surface area contributed by atoms with Crippen molar-refractivity contribution in [3.05, 3.63) is 88.5 Å². The Kier molecular flexibility index (Phi) is 5.34. The molecule has 0 aliphatic rings. The first-order valence-corrected chi connectivity index (χ1v) is 9.52. The van der Waals surface area contributed by atoms with Crippen molar-refractivity contribution in [1.82, 2.24) is 15.3 Å². The van der Waals surface area contributed by atoms with Crippen LogP contribution in [0.1, 0.15) is 21.7 Å². The third kappa shape index (κ3) is 4.20. The van der Waals surface area contributed by atoms with Crippen LogP contribution in [0.3, 0.4) is 0 Å². The summed E-state index contributed by atoms with van der Waals surface area (Å²) in [7, 11) is 0. The number of amides is 1. The maximum atomic E-state index is 12.4. The van der Waals surface area contributed by atoms with Crippen molar-refractivity contribution in [1.29, 1.82) is 0 Å². The van der Waals surface area contributed by atoms with Gasteiger partial charge in [0.2, 0.25) is 0 Å². The number of anilines is 1. The molecule has 0 aliphatic heterocycles. The van der Waals surface area contributed by atoms with E-state index in [0.29, 0.717) is 18.7 Å².